The highest BCUT2D eigenvalue weighted by Crippen LogP contribution is 2.29. The summed E-state index contributed by atoms with van der Waals surface area (Å²) >= 11 is 2.75. The van der Waals surface area contributed by atoms with Crippen LogP contribution in [0.25, 0.3) is 17.3 Å². The van der Waals surface area contributed by atoms with E-state index in [-0.39, 0.29) is 11.6 Å². The van der Waals surface area contributed by atoms with Crippen LogP contribution in [0.15, 0.2) is 149 Å². The fourth-order valence-electron chi connectivity index (χ4n) is 5.14. The van der Waals surface area contributed by atoms with Gasteiger partial charge in [-0.1, -0.05) is 60.7 Å². The number of nitrogens with zero attached hydrogens (tertiary/aromatic N) is 1. The Morgan fingerprint density at radius 1 is 0.778 bits per heavy atom. The Kier molecular flexibility index (Phi) is 12.9. The first kappa shape index (κ1) is 37.6. The highest BCUT2D eigenvalue weighted by Gasteiger charge is 2.18. The number of rotatable bonds is 15. The Hall–Kier alpha value is -6.17. The number of hydrogen-bond acceptors (Lipinski definition) is 8. The number of anilines is 2. The van der Waals surface area contributed by atoms with E-state index in [0.717, 1.165) is 27.5 Å². The van der Waals surface area contributed by atoms with Crippen LogP contribution in [0.5, 0.6) is 11.5 Å². The summed E-state index contributed by atoms with van der Waals surface area (Å²) in [6.07, 6.45) is 1.62. The number of hydrogen-bond donors (Lipinski definition) is 3. The van der Waals surface area contributed by atoms with Gasteiger partial charge >= 0.3 is 0 Å². The number of amides is 3. The molecular formula is C43H38N4O5S2. The van der Waals surface area contributed by atoms with Crippen LogP contribution in [0.3, 0.4) is 0 Å². The van der Waals surface area contributed by atoms with Gasteiger partial charge < -0.3 is 25.4 Å². The van der Waals surface area contributed by atoms with Crippen LogP contribution >= 0.6 is 23.1 Å². The minimum absolute atomic E-state index is 0.0680. The van der Waals surface area contributed by atoms with Gasteiger partial charge in [0.25, 0.3) is 11.8 Å². The zero-order chi connectivity index (χ0) is 37.7. The fraction of sp³-hybridized carbons (Fsp3) is 0.116. The Labute approximate surface area is 322 Å². The molecule has 0 fully saturated rings. The average molecular weight is 755 g/mol. The molecule has 272 valence electrons. The fourth-order valence-corrected chi connectivity index (χ4v) is 6.73. The average Bonchev–Trinajstić information content (AvgIpc) is 3.67. The highest BCUT2D eigenvalue weighted by atomic mass is 32.2. The van der Waals surface area contributed by atoms with Crippen molar-refractivity contribution in [2.45, 2.75) is 30.6 Å². The molecule has 0 aliphatic heterocycles. The van der Waals surface area contributed by atoms with Gasteiger partial charge in [-0.3, -0.25) is 14.4 Å². The number of thioether (sulfide) groups is 1. The maximum atomic E-state index is 13.6. The van der Waals surface area contributed by atoms with Crippen molar-refractivity contribution in [3.63, 3.8) is 0 Å². The predicted molar refractivity (Wildman–Crippen MR) is 217 cm³/mol. The van der Waals surface area contributed by atoms with Crippen molar-refractivity contribution in [3.8, 4) is 22.8 Å². The molecule has 1 aromatic heterocycles. The summed E-state index contributed by atoms with van der Waals surface area (Å²) in [6, 6.07) is 40.7. The largest absolute Gasteiger partial charge is 0.494 e. The van der Waals surface area contributed by atoms with E-state index >= 15 is 0 Å². The van der Waals surface area contributed by atoms with Gasteiger partial charge in [0.05, 0.1) is 17.6 Å². The number of ether oxygens (including phenoxy) is 2. The molecule has 5 aromatic carbocycles. The number of benzene rings is 5. The Balaban J connectivity index is 1.07. The van der Waals surface area contributed by atoms with E-state index in [9.17, 15) is 14.4 Å². The smallest absolute Gasteiger partial charge is 0.272 e. The molecule has 1 unspecified atom stereocenters. The molecule has 1 atom stereocenters. The van der Waals surface area contributed by atoms with E-state index < -0.39 is 17.1 Å². The van der Waals surface area contributed by atoms with Crippen LogP contribution in [0.4, 0.5) is 10.8 Å². The SMILES string of the molecule is CCOc1ccc(-c2csc(NC(=O)C(C)Sc3ccc(NC(=O)/C(=C/c4ccc(OCc5ccccc5)cc4)NC(=O)c4ccccc4)cc3)n2)cc1. The molecule has 0 saturated carbocycles. The molecule has 6 aromatic rings. The Bertz CT molecular complexity index is 2190. The molecule has 3 amide bonds. The third kappa shape index (κ3) is 10.7. The van der Waals surface area contributed by atoms with Gasteiger partial charge in [0.15, 0.2) is 5.13 Å². The number of carbonyl (C=O) groups is 3. The molecule has 0 saturated heterocycles. The van der Waals surface area contributed by atoms with Gasteiger partial charge in [0, 0.05) is 27.1 Å². The second kappa shape index (κ2) is 18.5. The van der Waals surface area contributed by atoms with Crippen LogP contribution in [-0.2, 0) is 16.2 Å². The molecule has 0 radical (unpaired) electrons. The van der Waals surface area contributed by atoms with Gasteiger partial charge in [-0.15, -0.1) is 23.1 Å². The zero-order valence-corrected chi connectivity index (χ0v) is 31.3. The minimum atomic E-state index is -0.495. The lowest BCUT2D eigenvalue weighted by Crippen LogP contribution is -2.30. The van der Waals surface area contributed by atoms with Gasteiger partial charge in [0.2, 0.25) is 5.91 Å². The number of carbonyl (C=O) groups excluding carboxylic acids is 3. The molecule has 0 spiro atoms. The van der Waals surface area contributed by atoms with Crippen molar-refractivity contribution in [1.82, 2.24) is 10.3 Å². The zero-order valence-electron chi connectivity index (χ0n) is 29.7. The standard InChI is InChI=1S/C43H38N4O5S2/c1-3-51-35-22-16-32(17-23-35)39-28-53-43(46-39)47-40(48)29(2)54-37-24-18-34(19-25-37)44-42(50)38(45-41(49)33-12-8-5-9-13-33)26-30-14-20-36(21-15-30)52-27-31-10-6-4-7-11-31/h4-26,28-29H,3,27H2,1-2H3,(H,44,50)(H,45,49)(H,46,47,48)/b38-26-. The predicted octanol–water partition coefficient (Wildman–Crippen LogP) is 9.32. The Morgan fingerprint density at radius 2 is 1.43 bits per heavy atom. The molecule has 6 rings (SSSR count). The van der Waals surface area contributed by atoms with Crippen molar-refractivity contribution >= 4 is 57.7 Å². The van der Waals surface area contributed by atoms with Crippen molar-refractivity contribution in [3.05, 3.63) is 161 Å². The number of thiazole rings is 1. The van der Waals surface area contributed by atoms with Crippen LogP contribution < -0.4 is 25.4 Å². The summed E-state index contributed by atoms with van der Waals surface area (Å²) in [7, 11) is 0. The summed E-state index contributed by atoms with van der Waals surface area (Å²) in [5.41, 5.74) is 4.47. The monoisotopic (exact) mass is 754 g/mol. The normalized spacial score (nSPS) is 11.6. The minimum Gasteiger partial charge on any atom is -0.494 e. The van der Waals surface area contributed by atoms with E-state index in [1.165, 1.54) is 23.1 Å². The molecule has 3 N–H and O–H groups in total. The second-order valence-electron chi connectivity index (χ2n) is 11.9. The first-order chi connectivity index (χ1) is 26.3. The highest BCUT2D eigenvalue weighted by molar-refractivity contribution is 8.00. The van der Waals surface area contributed by atoms with Crippen molar-refractivity contribution in [2.24, 2.45) is 0 Å². The molecule has 54 heavy (non-hydrogen) atoms. The lowest BCUT2D eigenvalue weighted by molar-refractivity contribution is -0.115. The van der Waals surface area contributed by atoms with Gasteiger partial charge in [0.1, 0.15) is 23.8 Å². The maximum absolute atomic E-state index is 13.6. The van der Waals surface area contributed by atoms with Crippen molar-refractivity contribution in [1.29, 1.82) is 0 Å². The van der Waals surface area contributed by atoms with Gasteiger partial charge in [-0.05, 0) is 104 Å². The Morgan fingerprint density at radius 3 is 2.11 bits per heavy atom. The van der Waals surface area contributed by atoms with Crippen LogP contribution in [0.2, 0.25) is 0 Å². The summed E-state index contributed by atoms with van der Waals surface area (Å²) in [4.78, 5) is 45.1. The van der Waals surface area contributed by atoms with Crippen molar-refractivity contribution < 1.29 is 23.9 Å². The summed E-state index contributed by atoms with van der Waals surface area (Å²) < 4.78 is 11.4. The van der Waals surface area contributed by atoms with E-state index in [0.29, 0.717) is 40.9 Å². The molecule has 0 aliphatic carbocycles. The second-order valence-corrected chi connectivity index (χ2v) is 14.2. The molecule has 1 heterocycles. The first-order valence-electron chi connectivity index (χ1n) is 17.3. The molecule has 11 heteroatoms. The quantitative estimate of drug-likeness (QED) is 0.0707. The number of nitrogens with one attached hydrogen (secondary N) is 3. The van der Waals surface area contributed by atoms with E-state index in [2.05, 4.69) is 20.9 Å². The third-order valence-corrected chi connectivity index (χ3v) is 9.83. The first-order valence-corrected chi connectivity index (χ1v) is 19.0. The molecular weight excluding hydrogens is 717 g/mol. The maximum Gasteiger partial charge on any atom is 0.272 e. The lowest BCUT2D eigenvalue weighted by atomic mass is 10.1. The van der Waals surface area contributed by atoms with E-state index in [4.69, 9.17) is 9.47 Å². The summed E-state index contributed by atoms with van der Waals surface area (Å²) in [5.74, 6) is 0.388. The van der Waals surface area contributed by atoms with Crippen molar-refractivity contribution in [2.75, 3.05) is 17.2 Å². The van der Waals surface area contributed by atoms with Crippen LogP contribution in [0, 0.1) is 0 Å². The van der Waals surface area contributed by atoms with Crippen LogP contribution in [-0.4, -0.2) is 34.6 Å². The van der Waals surface area contributed by atoms with E-state index in [1.807, 2.05) is 116 Å². The number of aromatic nitrogens is 1. The topological polar surface area (TPSA) is 119 Å². The molecule has 0 aliphatic rings. The van der Waals surface area contributed by atoms with Crippen LogP contribution in [0.1, 0.15) is 35.3 Å². The third-order valence-electron chi connectivity index (χ3n) is 7.96. The summed E-state index contributed by atoms with van der Waals surface area (Å²) in [5, 5.41) is 10.6. The lowest BCUT2D eigenvalue weighted by Gasteiger charge is -2.13. The van der Waals surface area contributed by atoms with Gasteiger partial charge in [-0.25, -0.2) is 4.98 Å². The van der Waals surface area contributed by atoms with E-state index in [1.54, 1.807) is 42.5 Å². The molecule has 0 bridgehead atoms. The summed E-state index contributed by atoms with van der Waals surface area (Å²) in [6.45, 7) is 4.79. The molecule has 9 nitrogen and oxygen atoms in total. The van der Waals surface area contributed by atoms with Gasteiger partial charge in [-0.2, -0.15) is 0 Å².